The van der Waals surface area contributed by atoms with Crippen LogP contribution in [-0.4, -0.2) is 17.1 Å². The van der Waals surface area contributed by atoms with Crippen LogP contribution in [0.1, 0.15) is 0 Å². The summed E-state index contributed by atoms with van der Waals surface area (Å²) in [4.78, 5) is 0. The van der Waals surface area contributed by atoms with Crippen LogP contribution in [0.3, 0.4) is 0 Å². The zero-order valence-corrected chi connectivity index (χ0v) is 6.06. The minimum atomic E-state index is 0. The third-order valence-electron chi connectivity index (χ3n) is 0.667. The van der Waals surface area contributed by atoms with Gasteiger partial charge in [0.05, 0.1) is 0 Å². The summed E-state index contributed by atoms with van der Waals surface area (Å²) in [6, 6.07) is 12.0. The molecule has 1 aromatic carbocycles. The van der Waals surface area contributed by atoms with Gasteiger partial charge in [0.2, 0.25) is 0 Å². The molecular formula is C6H8Se. The van der Waals surface area contributed by atoms with Crippen molar-refractivity contribution in [3.63, 3.8) is 0 Å². The molecule has 0 aliphatic heterocycles. The Morgan fingerprint density at radius 1 is 0.429 bits per heavy atom. The van der Waals surface area contributed by atoms with E-state index in [1.54, 1.807) is 0 Å². The Labute approximate surface area is 54.0 Å². The fourth-order valence-electron chi connectivity index (χ4n) is 0.385. The second-order valence-corrected chi connectivity index (χ2v) is 1.15. The molecule has 0 atom stereocenters. The quantitative estimate of drug-likeness (QED) is 0.490. The Kier molecular flexibility index (Phi) is 3.77. The van der Waals surface area contributed by atoms with E-state index in [1.165, 1.54) is 0 Å². The number of hydrogen-bond acceptors (Lipinski definition) is 0. The summed E-state index contributed by atoms with van der Waals surface area (Å²) in [6.45, 7) is 0. The van der Waals surface area contributed by atoms with E-state index < -0.39 is 0 Å². The predicted molar refractivity (Wildman–Crippen MR) is 35.0 cm³/mol. The summed E-state index contributed by atoms with van der Waals surface area (Å²) in [5.41, 5.74) is 0. The van der Waals surface area contributed by atoms with Crippen molar-refractivity contribution in [3.05, 3.63) is 36.4 Å². The number of benzene rings is 1. The van der Waals surface area contributed by atoms with Crippen LogP contribution < -0.4 is 0 Å². The van der Waals surface area contributed by atoms with Crippen molar-refractivity contribution >= 4 is 17.1 Å². The maximum Gasteiger partial charge on any atom is -0.0623 e. The Balaban J connectivity index is 0.000000360. The number of hydrogen-bond donors (Lipinski definition) is 0. The zero-order chi connectivity index (χ0) is 4.24. The molecule has 1 rings (SSSR count). The summed E-state index contributed by atoms with van der Waals surface area (Å²) < 4.78 is 0. The van der Waals surface area contributed by atoms with Crippen molar-refractivity contribution in [1.29, 1.82) is 0 Å². The first-order valence-corrected chi connectivity index (χ1v) is 2.00. The largest absolute Gasteiger partial charge is 0.0623 e. The summed E-state index contributed by atoms with van der Waals surface area (Å²) >= 11 is 0. The molecule has 0 saturated heterocycles. The summed E-state index contributed by atoms with van der Waals surface area (Å²) in [6.07, 6.45) is 0. The van der Waals surface area contributed by atoms with Crippen LogP contribution in [0.4, 0.5) is 0 Å². The molecule has 0 bridgehead atoms. The van der Waals surface area contributed by atoms with Crippen molar-refractivity contribution in [1.82, 2.24) is 0 Å². The Morgan fingerprint density at radius 3 is 0.714 bits per heavy atom. The predicted octanol–water partition coefficient (Wildman–Crippen LogP) is 0.770. The second-order valence-electron chi connectivity index (χ2n) is 1.15. The Bertz CT molecular complexity index is 76.1. The average molecular weight is 159 g/mol. The van der Waals surface area contributed by atoms with Crippen molar-refractivity contribution in [3.8, 4) is 0 Å². The van der Waals surface area contributed by atoms with Crippen LogP contribution in [0.25, 0.3) is 0 Å². The van der Waals surface area contributed by atoms with Crippen molar-refractivity contribution < 1.29 is 0 Å². The zero-order valence-electron chi connectivity index (χ0n) is 3.96. The first kappa shape index (κ1) is 6.74. The topological polar surface area (TPSA) is 0 Å². The van der Waals surface area contributed by atoms with Gasteiger partial charge < -0.3 is 0 Å². The van der Waals surface area contributed by atoms with Gasteiger partial charge in [-0.2, -0.15) is 0 Å². The van der Waals surface area contributed by atoms with Gasteiger partial charge in [0, 0.05) is 0 Å². The van der Waals surface area contributed by atoms with Crippen molar-refractivity contribution in [2.75, 3.05) is 0 Å². The maximum atomic E-state index is 2.00. The van der Waals surface area contributed by atoms with E-state index in [-0.39, 0.29) is 17.1 Å². The second kappa shape index (κ2) is 3.91. The first-order chi connectivity index (χ1) is 3.00. The van der Waals surface area contributed by atoms with E-state index in [0.29, 0.717) is 0 Å². The minimum Gasteiger partial charge on any atom is -0.0623 e. The molecule has 0 radical (unpaired) electrons. The molecule has 0 N–H and O–H groups in total. The SMILES string of the molecule is [SeH2].c1ccccc1. The van der Waals surface area contributed by atoms with Crippen LogP contribution >= 0.6 is 0 Å². The van der Waals surface area contributed by atoms with Crippen LogP contribution in [0.2, 0.25) is 0 Å². The normalized spacial score (nSPS) is 6.86. The smallest absolute Gasteiger partial charge is 0.0623 e. The molecule has 0 aromatic heterocycles. The molecule has 0 aliphatic carbocycles. The molecule has 0 saturated carbocycles. The van der Waals surface area contributed by atoms with E-state index in [2.05, 4.69) is 0 Å². The van der Waals surface area contributed by atoms with Gasteiger partial charge in [0.25, 0.3) is 0 Å². The van der Waals surface area contributed by atoms with Gasteiger partial charge in [0.15, 0.2) is 0 Å². The molecule has 0 nitrogen and oxygen atoms in total. The Hall–Kier alpha value is -0.261. The molecule has 1 heteroatoms. The third-order valence-corrected chi connectivity index (χ3v) is 0.667. The molecule has 0 unspecified atom stereocenters. The van der Waals surface area contributed by atoms with E-state index in [9.17, 15) is 0 Å². The van der Waals surface area contributed by atoms with Gasteiger partial charge in [-0.15, -0.1) is 0 Å². The molecular weight excluding hydrogens is 151 g/mol. The first-order valence-electron chi connectivity index (χ1n) is 2.00. The summed E-state index contributed by atoms with van der Waals surface area (Å²) in [5.74, 6) is 0. The number of rotatable bonds is 0. The molecule has 0 fully saturated rings. The van der Waals surface area contributed by atoms with Gasteiger partial charge in [-0.3, -0.25) is 0 Å². The van der Waals surface area contributed by atoms with Gasteiger partial charge in [0.1, 0.15) is 0 Å². The molecule has 7 heavy (non-hydrogen) atoms. The van der Waals surface area contributed by atoms with Crippen LogP contribution in [0.5, 0.6) is 0 Å². The van der Waals surface area contributed by atoms with E-state index in [4.69, 9.17) is 0 Å². The van der Waals surface area contributed by atoms with Gasteiger partial charge in [-0.1, -0.05) is 36.4 Å². The van der Waals surface area contributed by atoms with Crippen LogP contribution in [-0.2, 0) is 0 Å². The standard InChI is InChI=1S/C6H6.H2Se/c1-2-4-6-5-3-1;/h1-6H;1H2. The third kappa shape index (κ3) is 2.44. The average Bonchev–Trinajstić information content (AvgIpc) is 1.72. The molecule has 0 spiro atoms. The molecule has 38 valence electrons. The van der Waals surface area contributed by atoms with Crippen LogP contribution in [0, 0.1) is 0 Å². The fraction of sp³-hybridized carbons (Fsp3) is 0. The van der Waals surface area contributed by atoms with Gasteiger partial charge >= 0.3 is 17.1 Å². The molecule has 1 aromatic rings. The van der Waals surface area contributed by atoms with Crippen molar-refractivity contribution in [2.24, 2.45) is 0 Å². The van der Waals surface area contributed by atoms with E-state index in [1.807, 2.05) is 36.4 Å². The summed E-state index contributed by atoms with van der Waals surface area (Å²) in [5, 5.41) is 0. The Morgan fingerprint density at radius 2 is 0.571 bits per heavy atom. The maximum absolute atomic E-state index is 2.00. The van der Waals surface area contributed by atoms with Gasteiger partial charge in [-0.05, 0) is 0 Å². The van der Waals surface area contributed by atoms with Crippen LogP contribution in [0.15, 0.2) is 36.4 Å². The van der Waals surface area contributed by atoms with E-state index >= 15 is 0 Å². The van der Waals surface area contributed by atoms with E-state index in [0.717, 1.165) is 0 Å². The fourth-order valence-corrected chi connectivity index (χ4v) is 0.385. The molecule has 0 heterocycles. The van der Waals surface area contributed by atoms with Gasteiger partial charge in [-0.25, -0.2) is 0 Å². The molecule has 0 amide bonds. The van der Waals surface area contributed by atoms with Crippen molar-refractivity contribution in [2.45, 2.75) is 0 Å². The summed E-state index contributed by atoms with van der Waals surface area (Å²) in [7, 11) is 0. The minimum absolute atomic E-state index is 0. The monoisotopic (exact) mass is 160 g/mol. The molecule has 0 aliphatic rings.